The van der Waals surface area contributed by atoms with Gasteiger partial charge in [-0.3, -0.25) is 23.9 Å². The standard InChI is InChI=1S/C27H20ClN3O3S/c1-2-22(32)24-23(17-6-4-3-5-7-17)21-14-19(28)12-13-20(21)26(33)31(24)15-16-8-10-18(11-9-16)25-29-27(34)35-30-25/h3-14H,2,15H2,1H3,(H,29,30,34). The summed E-state index contributed by atoms with van der Waals surface area (Å²) in [5, 5.41) is 1.65. The SMILES string of the molecule is CCC(=O)c1c(-c2ccccc2)c2cc(Cl)ccc2c(=O)n1Cc1ccc(-c2nsc(=O)[nH]2)cc1. The van der Waals surface area contributed by atoms with Gasteiger partial charge in [-0.05, 0) is 34.7 Å². The highest BCUT2D eigenvalue weighted by molar-refractivity contribution is 7.03. The molecule has 0 aliphatic rings. The Bertz CT molecular complexity index is 1670. The highest BCUT2D eigenvalue weighted by Gasteiger charge is 2.23. The van der Waals surface area contributed by atoms with Crippen LogP contribution >= 0.6 is 23.1 Å². The maximum absolute atomic E-state index is 13.7. The number of fused-ring (bicyclic) bond motifs is 1. The van der Waals surface area contributed by atoms with E-state index in [-0.39, 0.29) is 29.2 Å². The number of pyridine rings is 1. The van der Waals surface area contributed by atoms with Crippen molar-refractivity contribution in [3.63, 3.8) is 0 Å². The first-order valence-corrected chi connectivity index (χ1v) is 12.2. The normalized spacial score (nSPS) is 11.1. The predicted molar refractivity (Wildman–Crippen MR) is 141 cm³/mol. The number of aromatic nitrogens is 3. The Morgan fingerprint density at radius 2 is 1.71 bits per heavy atom. The van der Waals surface area contributed by atoms with Gasteiger partial charge in [0.1, 0.15) is 0 Å². The van der Waals surface area contributed by atoms with E-state index in [4.69, 9.17) is 11.6 Å². The molecule has 0 spiro atoms. The quantitative estimate of drug-likeness (QED) is 0.299. The summed E-state index contributed by atoms with van der Waals surface area (Å²) in [7, 11) is 0. The van der Waals surface area contributed by atoms with Crippen molar-refractivity contribution in [3.8, 4) is 22.5 Å². The van der Waals surface area contributed by atoms with Gasteiger partial charge in [-0.25, -0.2) is 0 Å². The van der Waals surface area contributed by atoms with Crippen LogP contribution in [0.15, 0.2) is 82.4 Å². The molecule has 0 saturated carbocycles. The van der Waals surface area contributed by atoms with Gasteiger partial charge in [-0.1, -0.05) is 73.1 Å². The molecule has 0 bridgehead atoms. The summed E-state index contributed by atoms with van der Waals surface area (Å²) in [6, 6.07) is 22.2. The lowest BCUT2D eigenvalue weighted by atomic mass is 9.94. The van der Waals surface area contributed by atoms with Crippen LogP contribution in [0, 0.1) is 0 Å². The first-order valence-electron chi connectivity index (χ1n) is 11.1. The Labute approximate surface area is 209 Å². The first kappa shape index (κ1) is 23.0. The number of hydrogen-bond donors (Lipinski definition) is 1. The summed E-state index contributed by atoms with van der Waals surface area (Å²) in [6.45, 7) is 2.00. The van der Waals surface area contributed by atoms with Crippen molar-refractivity contribution in [1.82, 2.24) is 13.9 Å². The fourth-order valence-corrected chi connectivity index (χ4v) is 4.87. The van der Waals surface area contributed by atoms with E-state index in [2.05, 4.69) is 9.36 Å². The number of ketones is 1. The summed E-state index contributed by atoms with van der Waals surface area (Å²) in [4.78, 5) is 40.9. The molecule has 0 radical (unpaired) electrons. The highest BCUT2D eigenvalue weighted by atomic mass is 35.5. The number of Topliss-reactive ketones (excluding diaryl/α,β-unsaturated/α-hetero) is 1. The Hall–Kier alpha value is -3.81. The Balaban J connectivity index is 1.72. The minimum atomic E-state index is -0.249. The molecule has 2 heterocycles. The largest absolute Gasteiger partial charge is 0.323 e. The van der Waals surface area contributed by atoms with Crippen LogP contribution in [0.4, 0.5) is 0 Å². The van der Waals surface area contributed by atoms with Crippen LogP contribution < -0.4 is 10.4 Å². The summed E-state index contributed by atoms with van der Waals surface area (Å²) in [5.74, 6) is 0.374. The number of halogens is 1. The molecule has 8 heteroatoms. The van der Waals surface area contributed by atoms with Crippen molar-refractivity contribution in [3.05, 3.63) is 109 Å². The molecular weight excluding hydrogens is 482 g/mol. The average Bonchev–Trinajstić information content (AvgIpc) is 3.32. The third kappa shape index (κ3) is 4.36. The van der Waals surface area contributed by atoms with Gasteiger partial charge >= 0.3 is 4.87 Å². The van der Waals surface area contributed by atoms with Crippen LogP contribution in [0.25, 0.3) is 33.3 Å². The molecule has 0 atom stereocenters. The van der Waals surface area contributed by atoms with E-state index in [0.29, 0.717) is 32.9 Å². The molecule has 3 aromatic carbocycles. The third-order valence-corrected chi connectivity index (χ3v) is 6.67. The Morgan fingerprint density at radius 1 is 0.971 bits per heavy atom. The van der Waals surface area contributed by atoms with E-state index in [0.717, 1.165) is 28.2 Å². The number of hydrogen-bond acceptors (Lipinski definition) is 5. The molecule has 1 N–H and O–H groups in total. The molecule has 2 aromatic heterocycles. The molecule has 0 unspecified atom stereocenters. The van der Waals surface area contributed by atoms with Crippen molar-refractivity contribution in [2.45, 2.75) is 19.9 Å². The lowest BCUT2D eigenvalue weighted by Gasteiger charge is -2.19. The number of nitrogens with one attached hydrogen (secondary N) is 1. The molecule has 174 valence electrons. The van der Waals surface area contributed by atoms with Gasteiger partial charge < -0.3 is 0 Å². The van der Waals surface area contributed by atoms with Gasteiger partial charge in [-0.15, -0.1) is 0 Å². The van der Waals surface area contributed by atoms with E-state index >= 15 is 0 Å². The first-order chi connectivity index (χ1) is 17.0. The zero-order valence-electron chi connectivity index (χ0n) is 18.7. The van der Waals surface area contributed by atoms with Gasteiger partial charge in [0.2, 0.25) is 0 Å². The summed E-state index contributed by atoms with van der Waals surface area (Å²) in [5.41, 5.74) is 3.26. The Kier molecular flexibility index (Phi) is 6.19. The second-order valence-corrected chi connectivity index (χ2v) is 9.26. The number of carbonyl (C=O) groups is 1. The zero-order valence-corrected chi connectivity index (χ0v) is 20.3. The zero-order chi connectivity index (χ0) is 24.5. The highest BCUT2D eigenvalue weighted by Crippen LogP contribution is 2.33. The predicted octanol–water partition coefficient (Wildman–Crippen LogP) is 5.77. The molecule has 35 heavy (non-hydrogen) atoms. The maximum atomic E-state index is 13.7. The molecule has 5 rings (SSSR count). The second kappa shape index (κ2) is 9.44. The van der Waals surface area contributed by atoms with Crippen molar-refractivity contribution >= 4 is 39.7 Å². The van der Waals surface area contributed by atoms with Crippen LogP contribution in [0.5, 0.6) is 0 Å². The fraction of sp³-hybridized carbons (Fsp3) is 0.111. The number of H-pyrrole nitrogens is 1. The molecule has 5 aromatic rings. The Morgan fingerprint density at radius 3 is 2.37 bits per heavy atom. The molecule has 0 saturated heterocycles. The lowest BCUT2D eigenvalue weighted by molar-refractivity contribution is 0.0979. The number of benzene rings is 3. The summed E-state index contributed by atoms with van der Waals surface area (Å²) >= 11 is 7.18. The summed E-state index contributed by atoms with van der Waals surface area (Å²) in [6.07, 6.45) is 0.251. The number of nitrogens with zero attached hydrogens (tertiary/aromatic N) is 2. The van der Waals surface area contributed by atoms with E-state index < -0.39 is 0 Å². The summed E-state index contributed by atoms with van der Waals surface area (Å²) < 4.78 is 5.67. The average molecular weight is 502 g/mol. The van der Waals surface area contributed by atoms with Crippen LogP contribution in [-0.4, -0.2) is 19.7 Å². The van der Waals surface area contributed by atoms with E-state index in [1.54, 1.807) is 29.7 Å². The van der Waals surface area contributed by atoms with Crippen molar-refractivity contribution in [1.29, 1.82) is 0 Å². The lowest BCUT2D eigenvalue weighted by Crippen LogP contribution is -2.28. The second-order valence-electron chi connectivity index (χ2n) is 8.09. The molecular formula is C27H20ClN3O3S. The molecule has 0 aliphatic heterocycles. The van der Waals surface area contributed by atoms with Gasteiger partial charge in [0.15, 0.2) is 11.6 Å². The van der Waals surface area contributed by atoms with Gasteiger partial charge in [-0.2, -0.15) is 4.37 Å². The molecule has 0 amide bonds. The van der Waals surface area contributed by atoms with Crippen molar-refractivity contribution in [2.24, 2.45) is 0 Å². The van der Waals surface area contributed by atoms with Gasteiger partial charge in [0, 0.05) is 39.5 Å². The third-order valence-electron chi connectivity index (χ3n) is 5.89. The minimum Gasteiger partial charge on any atom is -0.300 e. The monoisotopic (exact) mass is 501 g/mol. The molecule has 0 aliphatic carbocycles. The number of carbonyl (C=O) groups excluding carboxylic acids is 1. The van der Waals surface area contributed by atoms with Crippen molar-refractivity contribution in [2.75, 3.05) is 0 Å². The van der Waals surface area contributed by atoms with Gasteiger partial charge in [0.05, 0.1) is 12.2 Å². The van der Waals surface area contributed by atoms with E-state index in [1.165, 1.54) is 0 Å². The van der Waals surface area contributed by atoms with Crippen molar-refractivity contribution < 1.29 is 4.79 Å². The topological polar surface area (TPSA) is 84.8 Å². The number of rotatable bonds is 6. The fourth-order valence-electron chi connectivity index (χ4n) is 4.23. The van der Waals surface area contributed by atoms with E-state index in [1.807, 2.05) is 54.6 Å². The van der Waals surface area contributed by atoms with Crippen LogP contribution in [-0.2, 0) is 6.54 Å². The smallest absolute Gasteiger partial charge is 0.300 e. The molecule has 6 nitrogen and oxygen atoms in total. The maximum Gasteiger partial charge on any atom is 0.323 e. The number of aromatic amines is 1. The van der Waals surface area contributed by atoms with Crippen LogP contribution in [0.2, 0.25) is 5.02 Å². The van der Waals surface area contributed by atoms with Crippen LogP contribution in [0.1, 0.15) is 29.4 Å². The molecule has 0 fully saturated rings. The minimum absolute atomic E-state index is 0.125. The van der Waals surface area contributed by atoms with Crippen LogP contribution in [0.3, 0.4) is 0 Å². The van der Waals surface area contributed by atoms with E-state index in [9.17, 15) is 14.4 Å². The van der Waals surface area contributed by atoms with Gasteiger partial charge in [0.25, 0.3) is 5.56 Å².